The number of carboxylic acid groups (broad SMARTS) is 1. The average Bonchev–Trinajstić information content (AvgIpc) is 2.28. The quantitative estimate of drug-likeness (QED) is 0.740. The van der Waals surface area contributed by atoms with Gasteiger partial charge in [-0.25, -0.2) is 9.18 Å². The number of nitrogens with one attached hydrogen (secondary N) is 2. The van der Waals surface area contributed by atoms with Gasteiger partial charge in [-0.3, -0.25) is 4.79 Å². The minimum Gasteiger partial charge on any atom is -0.478 e. The maximum Gasteiger partial charge on any atom is 0.338 e. The number of amides is 1. The summed E-state index contributed by atoms with van der Waals surface area (Å²) in [4.78, 5) is 22.3. The van der Waals surface area contributed by atoms with Crippen molar-refractivity contribution < 1.29 is 19.1 Å². The molecule has 1 aromatic rings. The molecule has 18 heavy (non-hydrogen) atoms. The molecule has 98 valence electrons. The largest absolute Gasteiger partial charge is 0.478 e. The lowest BCUT2D eigenvalue weighted by Crippen LogP contribution is -2.28. The van der Waals surface area contributed by atoms with Crippen LogP contribution in [-0.4, -0.2) is 30.6 Å². The SMILES string of the molecule is CNCC(C)C(=O)Nc1ccc(C(=O)O)c(F)c1. The van der Waals surface area contributed by atoms with Gasteiger partial charge in [0.15, 0.2) is 0 Å². The van der Waals surface area contributed by atoms with Crippen molar-refractivity contribution >= 4 is 17.6 Å². The number of benzene rings is 1. The molecule has 0 saturated heterocycles. The third kappa shape index (κ3) is 3.53. The summed E-state index contributed by atoms with van der Waals surface area (Å²) in [5.41, 5.74) is -0.179. The fourth-order valence-electron chi connectivity index (χ4n) is 1.43. The number of hydrogen-bond donors (Lipinski definition) is 3. The van der Waals surface area contributed by atoms with Gasteiger partial charge < -0.3 is 15.7 Å². The van der Waals surface area contributed by atoms with Crippen LogP contribution in [-0.2, 0) is 4.79 Å². The topological polar surface area (TPSA) is 78.4 Å². The molecule has 1 rings (SSSR count). The molecule has 0 aromatic heterocycles. The maximum atomic E-state index is 13.4. The zero-order valence-corrected chi connectivity index (χ0v) is 10.2. The van der Waals surface area contributed by atoms with Crippen LogP contribution < -0.4 is 10.6 Å². The van der Waals surface area contributed by atoms with Gasteiger partial charge in [0.1, 0.15) is 5.82 Å². The Morgan fingerprint density at radius 1 is 1.44 bits per heavy atom. The smallest absolute Gasteiger partial charge is 0.338 e. The van der Waals surface area contributed by atoms with Gasteiger partial charge in [-0.2, -0.15) is 0 Å². The van der Waals surface area contributed by atoms with E-state index in [9.17, 15) is 14.0 Å². The van der Waals surface area contributed by atoms with Gasteiger partial charge >= 0.3 is 5.97 Å². The van der Waals surface area contributed by atoms with E-state index < -0.39 is 17.3 Å². The minimum atomic E-state index is -1.34. The van der Waals surface area contributed by atoms with Gasteiger partial charge in [0.05, 0.1) is 5.56 Å². The second kappa shape index (κ2) is 6.11. The lowest BCUT2D eigenvalue weighted by atomic mass is 10.1. The van der Waals surface area contributed by atoms with Crippen molar-refractivity contribution in [3.63, 3.8) is 0 Å². The van der Waals surface area contributed by atoms with Crippen molar-refractivity contribution in [3.8, 4) is 0 Å². The van der Waals surface area contributed by atoms with E-state index in [-0.39, 0.29) is 17.5 Å². The number of halogens is 1. The molecule has 1 aromatic carbocycles. The molecule has 0 radical (unpaired) electrons. The molecule has 0 aliphatic rings. The molecule has 0 bridgehead atoms. The van der Waals surface area contributed by atoms with E-state index in [1.165, 1.54) is 6.07 Å². The second-order valence-corrected chi connectivity index (χ2v) is 3.95. The fourth-order valence-corrected chi connectivity index (χ4v) is 1.43. The monoisotopic (exact) mass is 254 g/mol. The Balaban J connectivity index is 2.77. The van der Waals surface area contributed by atoms with E-state index in [2.05, 4.69) is 10.6 Å². The van der Waals surface area contributed by atoms with Gasteiger partial charge in [-0.15, -0.1) is 0 Å². The van der Waals surface area contributed by atoms with Crippen molar-refractivity contribution in [3.05, 3.63) is 29.6 Å². The van der Waals surface area contributed by atoms with Crippen molar-refractivity contribution in [1.29, 1.82) is 0 Å². The summed E-state index contributed by atoms with van der Waals surface area (Å²) in [7, 11) is 1.73. The number of carbonyl (C=O) groups excluding carboxylic acids is 1. The Labute approximate surface area is 104 Å². The van der Waals surface area contributed by atoms with E-state index >= 15 is 0 Å². The zero-order valence-electron chi connectivity index (χ0n) is 10.2. The number of aromatic carboxylic acids is 1. The first-order chi connectivity index (χ1) is 8.45. The van der Waals surface area contributed by atoms with E-state index in [4.69, 9.17) is 5.11 Å². The summed E-state index contributed by atoms with van der Waals surface area (Å²) in [6.45, 7) is 2.23. The lowest BCUT2D eigenvalue weighted by molar-refractivity contribution is -0.119. The molecule has 0 heterocycles. The van der Waals surface area contributed by atoms with Gasteiger partial charge in [0, 0.05) is 18.2 Å². The highest BCUT2D eigenvalue weighted by Crippen LogP contribution is 2.15. The van der Waals surface area contributed by atoms with Crippen LogP contribution in [0.25, 0.3) is 0 Å². The molecule has 1 unspecified atom stereocenters. The molecule has 6 heteroatoms. The summed E-state index contributed by atoms with van der Waals surface area (Å²) in [5.74, 6) is -2.74. The van der Waals surface area contributed by atoms with E-state index in [0.29, 0.717) is 6.54 Å². The van der Waals surface area contributed by atoms with Crippen LogP contribution in [0.1, 0.15) is 17.3 Å². The van der Waals surface area contributed by atoms with Gasteiger partial charge in [0.25, 0.3) is 0 Å². The first-order valence-corrected chi connectivity index (χ1v) is 5.44. The summed E-state index contributed by atoms with van der Waals surface area (Å²) < 4.78 is 13.4. The predicted molar refractivity (Wildman–Crippen MR) is 65.1 cm³/mol. The Kier molecular flexibility index (Phi) is 4.79. The van der Waals surface area contributed by atoms with E-state index in [1.54, 1.807) is 14.0 Å². The van der Waals surface area contributed by atoms with Crippen LogP contribution in [0.2, 0.25) is 0 Å². The highest BCUT2D eigenvalue weighted by molar-refractivity contribution is 5.93. The molecule has 1 amide bonds. The fraction of sp³-hybridized carbons (Fsp3) is 0.333. The van der Waals surface area contributed by atoms with E-state index in [1.807, 2.05) is 0 Å². The molecule has 0 spiro atoms. The molecular formula is C12H15FN2O3. The molecule has 5 nitrogen and oxygen atoms in total. The Morgan fingerprint density at radius 3 is 2.61 bits per heavy atom. The third-order valence-corrected chi connectivity index (χ3v) is 2.42. The van der Waals surface area contributed by atoms with Crippen molar-refractivity contribution in [2.45, 2.75) is 6.92 Å². The predicted octanol–water partition coefficient (Wildman–Crippen LogP) is 1.32. The molecule has 1 atom stereocenters. The summed E-state index contributed by atoms with van der Waals surface area (Å²) in [5, 5.41) is 14.0. The number of rotatable bonds is 5. The highest BCUT2D eigenvalue weighted by Gasteiger charge is 2.14. The third-order valence-electron chi connectivity index (χ3n) is 2.42. The Hall–Kier alpha value is -1.95. The standard InChI is InChI=1S/C12H15FN2O3/c1-7(6-14-2)11(16)15-8-3-4-9(12(17)18)10(13)5-8/h3-5,7,14H,6H2,1-2H3,(H,15,16)(H,17,18). The van der Waals surface area contributed by atoms with Crippen LogP contribution in [0.3, 0.4) is 0 Å². The molecule has 3 N–H and O–H groups in total. The van der Waals surface area contributed by atoms with Crippen LogP contribution in [0.15, 0.2) is 18.2 Å². The van der Waals surface area contributed by atoms with Crippen molar-refractivity contribution in [2.75, 3.05) is 18.9 Å². The summed E-state index contributed by atoms with van der Waals surface area (Å²) >= 11 is 0. The summed E-state index contributed by atoms with van der Waals surface area (Å²) in [6, 6.07) is 3.47. The lowest BCUT2D eigenvalue weighted by Gasteiger charge is -2.11. The second-order valence-electron chi connectivity index (χ2n) is 3.95. The first-order valence-electron chi connectivity index (χ1n) is 5.44. The van der Waals surface area contributed by atoms with Crippen molar-refractivity contribution in [2.24, 2.45) is 5.92 Å². The molecule has 0 saturated carbocycles. The van der Waals surface area contributed by atoms with E-state index in [0.717, 1.165) is 12.1 Å². The molecule has 0 aliphatic heterocycles. The Morgan fingerprint density at radius 2 is 2.11 bits per heavy atom. The average molecular weight is 254 g/mol. The van der Waals surface area contributed by atoms with Crippen LogP contribution in [0.5, 0.6) is 0 Å². The number of carbonyl (C=O) groups is 2. The van der Waals surface area contributed by atoms with Crippen molar-refractivity contribution in [1.82, 2.24) is 5.32 Å². The van der Waals surface area contributed by atoms with Crippen LogP contribution >= 0.6 is 0 Å². The number of anilines is 1. The zero-order chi connectivity index (χ0) is 13.7. The Bertz CT molecular complexity index is 463. The van der Waals surface area contributed by atoms with Crippen LogP contribution in [0.4, 0.5) is 10.1 Å². The normalized spacial score (nSPS) is 11.9. The van der Waals surface area contributed by atoms with Gasteiger partial charge in [-0.1, -0.05) is 6.92 Å². The number of carboxylic acids is 1. The molecule has 0 fully saturated rings. The minimum absolute atomic E-state index is 0.241. The summed E-state index contributed by atoms with van der Waals surface area (Å²) in [6.07, 6.45) is 0. The van der Waals surface area contributed by atoms with Crippen LogP contribution in [0, 0.1) is 11.7 Å². The van der Waals surface area contributed by atoms with Gasteiger partial charge in [0.2, 0.25) is 5.91 Å². The van der Waals surface area contributed by atoms with Gasteiger partial charge in [-0.05, 0) is 25.2 Å². The first kappa shape index (κ1) is 14.1. The molecule has 0 aliphatic carbocycles. The molecular weight excluding hydrogens is 239 g/mol. The number of hydrogen-bond acceptors (Lipinski definition) is 3. The highest BCUT2D eigenvalue weighted by atomic mass is 19.1. The maximum absolute atomic E-state index is 13.4.